The zero-order valence-electron chi connectivity index (χ0n) is 15.5. The average Bonchev–Trinajstić information content (AvgIpc) is 3.23. The van der Waals surface area contributed by atoms with E-state index in [1.165, 1.54) is 4.90 Å². The van der Waals surface area contributed by atoms with Gasteiger partial charge in [0.25, 0.3) is 5.91 Å². The number of carbonyl (C=O) groups excluding carboxylic acids is 2. The predicted molar refractivity (Wildman–Crippen MR) is 109 cm³/mol. The molecule has 0 unspecified atom stereocenters. The van der Waals surface area contributed by atoms with Crippen LogP contribution in [0.5, 0.6) is 5.75 Å². The number of anilines is 1. The third-order valence-corrected chi connectivity index (χ3v) is 4.89. The van der Waals surface area contributed by atoms with E-state index in [1.807, 2.05) is 41.2 Å². The van der Waals surface area contributed by atoms with Crippen molar-refractivity contribution in [3.05, 3.63) is 77.1 Å². The third-order valence-electron chi connectivity index (χ3n) is 4.65. The number of amides is 2. The second-order valence-electron chi connectivity index (χ2n) is 6.63. The summed E-state index contributed by atoms with van der Waals surface area (Å²) in [6.07, 6.45) is 3.62. The van der Waals surface area contributed by atoms with Gasteiger partial charge in [0.1, 0.15) is 12.3 Å². The molecule has 0 saturated heterocycles. The molecule has 0 aliphatic carbocycles. The van der Waals surface area contributed by atoms with E-state index in [1.54, 1.807) is 24.4 Å². The highest BCUT2D eigenvalue weighted by atomic mass is 35.5. The van der Waals surface area contributed by atoms with Crippen molar-refractivity contribution in [2.75, 3.05) is 18.1 Å². The SMILES string of the molecule is O=C(CN1C(=O)COc2ccc(Cl)cc21)NCc1ccccc1Cn1cccn1. The lowest BCUT2D eigenvalue weighted by molar-refractivity contribution is -0.125. The topological polar surface area (TPSA) is 76.5 Å². The standard InChI is InChI=1S/C21H19ClN4O3/c22-17-6-7-19-18(10-17)26(21(28)14-29-19)13-20(27)23-11-15-4-1-2-5-16(15)12-25-9-3-8-24-25/h1-10H,11-14H2,(H,23,27). The highest BCUT2D eigenvalue weighted by Gasteiger charge is 2.27. The van der Waals surface area contributed by atoms with Crippen molar-refractivity contribution in [2.24, 2.45) is 0 Å². The van der Waals surface area contributed by atoms with Gasteiger partial charge in [-0.3, -0.25) is 19.2 Å². The average molecular weight is 411 g/mol. The molecule has 0 saturated carbocycles. The van der Waals surface area contributed by atoms with Crippen molar-refractivity contribution in [1.82, 2.24) is 15.1 Å². The minimum Gasteiger partial charge on any atom is -0.482 e. The first-order valence-electron chi connectivity index (χ1n) is 9.14. The molecular weight excluding hydrogens is 392 g/mol. The summed E-state index contributed by atoms with van der Waals surface area (Å²) >= 11 is 6.04. The van der Waals surface area contributed by atoms with E-state index < -0.39 is 0 Å². The summed E-state index contributed by atoms with van der Waals surface area (Å²) in [4.78, 5) is 26.2. The minimum absolute atomic E-state index is 0.100. The van der Waals surface area contributed by atoms with Crippen LogP contribution in [0.3, 0.4) is 0 Å². The molecule has 8 heteroatoms. The van der Waals surface area contributed by atoms with Gasteiger partial charge in [0, 0.05) is 24.0 Å². The van der Waals surface area contributed by atoms with E-state index in [9.17, 15) is 9.59 Å². The first-order valence-corrected chi connectivity index (χ1v) is 9.51. The molecule has 1 aliphatic rings. The highest BCUT2D eigenvalue weighted by Crippen LogP contribution is 2.34. The van der Waals surface area contributed by atoms with Crippen molar-refractivity contribution < 1.29 is 14.3 Å². The van der Waals surface area contributed by atoms with Gasteiger partial charge in [0.2, 0.25) is 5.91 Å². The predicted octanol–water partition coefficient (Wildman–Crippen LogP) is 2.63. The summed E-state index contributed by atoms with van der Waals surface area (Å²) in [5.74, 6) is -0.0135. The number of rotatable bonds is 6. The number of nitrogens with zero attached hydrogens (tertiary/aromatic N) is 3. The number of benzene rings is 2. The molecule has 0 radical (unpaired) electrons. The van der Waals surface area contributed by atoms with Gasteiger partial charge in [-0.25, -0.2) is 0 Å². The number of ether oxygens (including phenoxy) is 1. The van der Waals surface area contributed by atoms with Crippen molar-refractivity contribution in [3.63, 3.8) is 0 Å². The highest BCUT2D eigenvalue weighted by molar-refractivity contribution is 6.31. The van der Waals surface area contributed by atoms with Crippen LogP contribution in [-0.4, -0.2) is 34.7 Å². The first kappa shape index (κ1) is 19.0. The molecule has 29 heavy (non-hydrogen) atoms. The molecule has 1 aliphatic heterocycles. The Hall–Kier alpha value is -3.32. The van der Waals surface area contributed by atoms with Gasteiger partial charge in [0.05, 0.1) is 12.2 Å². The zero-order valence-corrected chi connectivity index (χ0v) is 16.3. The molecule has 4 rings (SSSR count). The lowest BCUT2D eigenvalue weighted by atomic mass is 10.1. The summed E-state index contributed by atoms with van der Waals surface area (Å²) in [7, 11) is 0. The molecule has 0 atom stereocenters. The molecule has 7 nitrogen and oxygen atoms in total. The summed E-state index contributed by atoms with van der Waals surface area (Å²) in [5, 5.41) is 7.59. The van der Waals surface area contributed by atoms with Crippen LogP contribution in [0.2, 0.25) is 5.02 Å². The number of halogens is 1. The van der Waals surface area contributed by atoms with Crippen molar-refractivity contribution >= 4 is 29.1 Å². The Kier molecular flexibility index (Phi) is 5.48. The van der Waals surface area contributed by atoms with Crippen molar-refractivity contribution in [3.8, 4) is 5.75 Å². The lowest BCUT2D eigenvalue weighted by Crippen LogP contribution is -2.45. The Labute approximate surface area is 172 Å². The van der Waals surface area contributed by atoms with E-state index in [0.717, 1.165) is 11.1 Å². The van der Waals surface area contributed by atoms with Gasteiger partial charge in [-0.15, -0.1) is 0 Å². The number of aromatic nitrogens is 2. The summed E-state index contributed by atoms with van der Waals surface area (Å²) < 4.78 is 7.23. The van der Waals surface area contributed by atoms with Crippen LogP contribution in [0, 0.1) is 0 Å². The van der Waals surface area contributed by atoms with Gasteiger partial charge < -0.3 is 10.1 Å². The van der Waals surface area contributed by atoms with E-state index in [4.69, 9.17) is 16.3 Å². The number of hydrogen-bond donors (Lipinski definition) is 1. The number of carbonyl (C=O) groups is 2. The number of fused-ring (bicyclic) bond motifs is 1. The van der Waals surface area contributed by atoms with Crippen LogP contribution >= 0.6 is 11.6 Å². The molecule has 2 amide bonds. The molecule has 3 aromatic rings. The first-order chi connectivity index (χ1) is 14.1. The third kappa shape index (κ3) is 4.41. The van der Waals surface area contributed by atoms with Crippen LogP contribution in [0.25, 0.3) is 0 Å². The molecule has 1 aromatic heterocycles. The summed E-state index contributed by atoms with van der Waals surface area (Å²) in [6.45, 7) is 0.773. The van der Waals surface area contributed by atoms with Crippen molar-refractivity contribution in [1.29, 1.82) is 0 Å². The summed E-state index contributed by atoms with van der Waals surface area (Å²) in [5.41, 5.74) is 2.56. The normalized spacial score (nSPS) is 13.0. The second kappa shape index (κ2) is 8.36. The van der Waals surface area contributed by atoms with Crippen LogP contribution < -0.4 is 15.0 Å². The molecule has 2 heterocycles. The second-order valence-corrected chi connectivity index (χ2v) is 7.07. The molecular formula is C21H19ClN4O3. The minimum atomic E-state index is -0.283. The molecule has 148 valence electrons. The molecule has 2 aromatic carbocycles. The fourth-order valence-corrected chi connectivity index (χ4v) is 3.36. The van der Waals surface area contributed by atoms with Gasteiger partial charge in [-0.2, -0.15) is 5.10 Å². The van der Waals surface area contributed by atoms with Crippen LogP contribution in [0.15, 0.2) is 60.9 Å². The number of hydrogen-bond acceptors (Lipinski definition) is 4. The van der Waals surface area contributed by atoms with Gasteiger partial charge in [-0.1, -0.05) is 35.9 Å². The Morgan fingerprint density at radius 1 is 1.17 bits per heavy atom. The van der Waals surface area contributed by atoms with Gasteiger partial charge in [0.15, 0.2) is 6.61 Å². The molecule has 1 N–H and O–H groups in total. The monoisotopic (exact) mass is 410 g/mol. The summed E-state index contributed by atoms with van der Waals surface area (Å²) in [6, 6.07) is 14.7. The number of nitrogens with one attached hydrogen (secondary N) is 1. The zero-order chi connectivity index (χ0) is 20.2. The van der Waals surface area contributed by atoms with Crippen LogP contribution in [-0.2, 0) is 22.7 Å². The van der Waals surface area contributed by atoms with E-state index in [0.29, 0.717) is 29.5 Å². The van der Waals surface area contributed by atoms with Crippen LogP contribution in [0.1, 0.15) is 11.1 Å². The van der Waals surface area contributed by atoms with E-state index in [2.05, 4.69) is 10.4 Å². The van der Waals surface area contributed by atoms with Crippen LogP contribution in [0.4, 0.5) is 5.69 Å². The Morgan fingerprint density at radius 3 is 2.79 bits per heavy atom. The molecule has 0 bridgehead atoms. The van der Waals surface area contributed by atoms with E-state index in [-0.39, 0.29) is 25.0 Å². The maximum Gasteiger partial charge on any atom is 0.265 e. The lowest BCUT2D eigenvalue weighted by Gasteiger charge is -2.29. The smallest absolute Gasteiger partial charge is 0.265 e. The fraction of sp³-hybridized carbons (Fsp3) is 0.190. The Bertz CT molecular complexity index is 1040. The fourth-order valence-electron chi connectivity index (χ4n) is 3.19. The maximum atomic E-state index is 12.6. The Morgan fingerprint density at radius 2 is 2.00 bits per heavy atom. The quantitative estimate of drug-likeness (QED) is 0.677. The largest absolute Gasteiger partial charge is 0.482 e. The Balaban J connectivity index is 1.43. The van der Waals surface area contributed by atoms with E-state index >= 15 is 0 Å². The van der Waals surface area contributed by atoms with Crippen molar-refractivity contribution in [2.45, 2.75) is 13.1 Å². The molecule has 0 spiro atoms. The molecule has 0 fully saturated rings. The van der Waals surface area contributed by atoms with Gasteiger partial charge in [-0.05, 0) is 35.4 Å². The maximum absolute atomic E-state index is 12.6. The van der Waals surface area contributed by atoms with Gasteiger partial charge >= 0.3 is 0 Å².